The molecule has 0 aliphatic carbocycles. The smallest absolute Gasteiger partial charge is 0.244 e. The third-order valence-electron chi connectivity index (χ3n) is 6.31. The Balaban J connectivity index is 1.39. The summed E-state index contributed by atoms with van der Waals surface area (Å²) in [6, 6.07) is 12.1. The van der Waals surface area contributed by atoms with E-state index in [9.17, 15) is 18.0 Å². The monoisotopic (exact) mass is 514 g/mol. The van der Waals surface area contributed by atoms with Gasteiger partial charge >= 0.3 is 0 Å². The van der Waals surface area contributed by atoms with Crippen molar-refractivity contribution in [2.24, 2.45) is 0 Å². The Hall–Kier alpha value is -3.01. The van der Waals surface area contributed by atoms with Crippen LogP contribution in [0.2, 0.25) is 5.02 Å². The number of fused-ring (bicyclic) bond motifs is 1. The van der Waals surface area contributed by atoms with Gasteiger partial charge in [-0.05, 0) is 72.5 Å². The Morgan fingerprint density at radius 3 is 2.60 bits per heavy atom. The number of rotatable bonds is 8. The van der Waals surface area contributed by atoms with Crippen LogP contribution in [-0.2, 0) is 26.0 Å². The zero-order chi connectivity index (χ0) is 25.2. The van der Waals surface area contributed by atoms with Crippen LogP contribution in [0.1, 0.15) is 18.9 Å². The summed E-state index contributed by atoms with van der Waals surface area (Å²) in [5.74, 6) is -0.589. The zero-order valence-electron chi connectivity index (χ0n) is 19.5. The van der Waals surface area contributed by atoms with Gasteiger partial charge in [-0.25, -0.2) is 8.42 Å². The minimum absolute atomic E-state index is 0.0681. The summed E-state index contributed by atoms with van der Waals surface area (Å²) in [6.07, 6.45) is 4.38. The summed E-state index contributed by atoms with van der Waals surface area (Å²) >= 11 is 6.00. The summed E-state index contributed by atoms with van der Waals surface area (Å²) in [5.41, 5.74) is 1.07. The second-order valence-corrected chi connectivity index (χ2v) is 10.8. The summed E-state index contributed by atoms with van der Waals surface area (Å²) in [4.78, 5) is 33.0. The topological polar surface area (TPSA) is 99.7 Å². The predicted octanol–water partition coefficient (Wildman–Crippen LogP) is 2.86. The van der Waals surface area contributed by atoms with Crippen LogP contribution in [0.4, 0.5) is 0 Å². The van der Waals surface area contributed by atoms with E-state index in [1.165, 1.54) is 11.0 Å². The van der Waals surface area contributed by atoms with E-state index < -0.39 is 28.0 Å². The van der Waals surface area contributed by atoms with Gasteiger partial charge in [-0.1, -0.05) is 23.7 Å². The van der Waals surface area contributed by atoms with Crippen LogP contribution in [0.15, 0.2) is 65.8 Å². The van der Waals surface area contributed by atoms with Crippen molar-refractivity contribution in [3.63, 3.8) is 0 Å². The van der Waals surface area contributed by atoms with Gasteiger partial charge in [-0.15, -0.1) is 0 Å². The molecular formula is C25H27ClN4O4S. The predicted molar refractivity (Wildman–Crippen MR) is 134 cm³/mol. The average molecular weight is 515 g/mol. The molecule has 2 amide bonds. The molecule has 0 saturated carbocycles. The van der Waals surface area contributed by atoms with Gasteiger partial charge in [0.2, 0.25) is 21.8 Å². The Morgan fingerprint density at radius 2 is 1.86 bits per heavy atom. The molecule has 0 spiro atoms. The second kappa shape index (κ2) is 10.3. The van der Waals surface area contributed by atoms with Gasteiger partial charge < -0.3 is 9.80 Å². The number of halogens is 1. The molecule has 10 heteroatoms. The third kappa shape index (κ3) is 5.63. The molecule has 1 aromatic heterocycles. The lowest BCUT2D eigenvalue weighted by molar-refractivity contribution is -0.142. The Kier molecular flexibility index (Phi) is 7.39. The van der Waals surface area contributed by atoms with Crippen molar-refractivity contribution in [3.8, 4) is 0 Å². The van der Waals surface area contributed by atoms with E-state index in [0.717, 1.165) is 16.3 Å². The molecule has 1 N–H and O–H groups in total. The number of aromatic nitrogens is 1. The fourth-order valence-corrected chi connectivity index (χ4v) is 5.66. The van der Waals surface area contributed by atoms with Crippen molar-refractivity contribution in [1.82, 2.24) is 19.5 Å². The first-order valence-corrected chi connectivity index (χ1v) is 13.2. The normalized spacial score (nSPS) is 17.1. The molecule has 184 valence electrons. The van der Waals surface area contributed by atoms with E-state index in [1.54, 1.807) is 61.6 Å². The van der Waals surface area contributed by atoms with Crippen molar-refractivity contribution < 1.29 is 18.0 Å². The maximum absolute atomic E-state index is 13.0. The number of benzene rings is 2. The molecule has 1 unspecified atom stereocenters. The van der Waals surface area contributed by atoms with Crippen LogP contribution in [-0.4, -0.2) is 67.2 Å². The van der Waals surface area contributed by atoms with Crippen LogP contribution in [0.25, 0.3) is 10.8 Å². The highest BCUT2D eigenvalue weighted by atomic mass is 35.5. The first kappa shape index (κ1) is 25.1. The molecule has 0 radical (unpaired) electrons. The minimum Gasteiger partial charge on any atom is -0.344 e. The number of nitrogens with one attached hydrogen (secondary N) is 1. The first-order chi connectivity index (χ1) is 16.7. The summed E-state index contributed by atoms with van der Waals surface area (Å²) in [5, 5.41) is 2.11. The maximum Gasteiger partial charge on any atom is 0.244 e. The standard InChI is InChI=1S/C25H27ClN4O4S/c1-17(24(31)29(2)13-9-18-7-11-27-12-8-18)30-14-10-23(25(30)32)28-35(33,34)22-6-4-19-15-21(26)5-3-20(19)16-22/h3-8,11-12,15-17,23,28H,9-10,13-14H2,1-2H3/t17?,23-/m0/s1. The Labute approximate surface area is 209 Å². The quantitative estimate of drug-likeness (QED) is 0.498. The van der Waals surface area contributed by atoms with Crippen LogP contribution in [0.5, 0.6) is 0 Å². The average Bonchev–Trinajstić information content (AvgIpc) is 3.20. The Morgan fingerprint density at radius 1 is 1.17 bits per heavy atom. The van der Waals surface area contributed by atoms with Gasteiger partial charge in [0.15, 0.2) is 0 Å². The number of likely N-dealkylation sites (N-methyl/N-ethyl adjacent to an activating group) is 1. The summed E-state index contributed by atoms with van der Waals surface area (Å²) in [6.45, 7) is 2.47. The van der Waals surface area contributed by atoms with Gasteiger partial charge in [0.1, 0.15) is 12.1 Å². The molecule has 2 heterocycles. The van der Waals surface area contributed by atoms with Gasteiger partial charge in [0, 0.05) is 37.6 Å². The lowest BCUT2D eigenvalue weighted by atomic mass is 10.1. The molecule has 3 aromatic rings. The van der Waals surface area contributed by atoms with Crippen LogP contribution < -0.4 is 4.72 Å². The SMILES string of the molecule is CC(C(=O)N(C)CCc1ccncc1)N1CC[C@H](NS(=O)(=O)c2ccc3cc(Cl)ccc3c2)C1=O. The summed E-state index contributed by atoms with van der Waals surface area (Å²) < 4.78 is 28.5. The van der Waals surface area contributed by atoms with Crippen molar-refractivity contribution in [3.05, 3.63) is 71.5 Å². The van der Waals surface area contributed by atoms with Gasteiger partial charge in [0.05, 0.1) is 4.90 Å². The number of amides is 2. The molecule has 1 aliphatic heterocycles. The van der Waals surface area contributed by atoms with E-state index in [1.807, 2.05) is 12.1 Å². The summed E-state index contributed by atoms with van der Waals surface area (Å²) in [7, 11) is -2.23. The van der Waals surface area contributed by atoms with Crippen LogP contribution in [0.3, 0.4) is 0 Å². The number of carbonyl (C=O) groups excluding carboxylic acids is 2. The number of pyridine rings is 1. The molecule has 8 nitrogen and oxygen atoms in total. The van der Waals surface area contributed by atoms with Crippen molar-refractivity contribution in [2.45, 2.75) is 36.7 Å². The van der Waals surface area contributed by atoms with E-state index in [-0.39, 0.29) is 10.8 Å². The van der Waals surface area contributed by atoms with Gasteiger partial charge in [-0.2, -0.15) is 4.72 Å². The fraction of sp³-hybridized carbons (Fsp3) is 0.320. The zero-order valence-corrected chi connectivity index (χ0v) is 21.1. The molecule has 4 rings (SSSR count). The molecule has 2 atom stereocenters. The highest BCUT2D eigenvalue weighted by Gasteiger charge is 2.39. The van der Waals surface area contributed by atoms with E-state index in [4.69, 9.17) is 11.6 Å². The molecule has 2 aromatic carbocycles. The molecular weight excluding hydrogens is 488 g/mol. The van der Waals surface area contributed by atoms with Crippen LogP contribution >= 0.6 is 11.6 Å². The largest absolute Gasteiger partial charge is 0.344 e. The number of hydrogen-bond donors (Lipinski definition) is 1. The number of nitrogens with zero attached hydrogens (tertiary/aromatic N) is 3. The van der Waals surface area contributed by atoms with E-state index in [2.05, 4.69) is 9.71 Å². The molecule has 1 aliphatic rings. The van der Waals surface area contributed by atoms with Crippen molar-refractivity contribution >= 4 is 44.2 Å². The van der Waals surface area contributed by atoms with E-state index >= 15 is 0 Å². The van der Waals surface area contributed by atoms with Crippen LogP contribution in [0, 0.1) is 0 Å². The molecule has 0 bridgehead atoms. The maximum atomic E-state index is 13.0. The van der Waals surface area contributed by atoms with Crippen molar-refractivity contribution in [2.75, 3.05) is 20.1 Å². The molecule has 35 heavy (non-hydrogen) atoms. The number of carbonyl (C=O) groups is 2. The van der Waals surface area contributed by atoms with E-state index in [0.29, 0.717) is 31.0 Å². The first-order valence-electron chi connectivity index (χ1n) is 11.3. The molecule has 1 fully saturated rings. The fourth-order valence-electron chi connectivity index (χ4n) is 4.22. The number of hydrogen-bond acceptors (Lipinski definition) is 5. The highest BCUT2D eigenvalue weighted by molar-refractivity contribution is 7.89. The minimum atomic E-state index is -3.93. The number of sulfonamides is 1. The highest BCUT2D eigenvalue weighted by Crippen LogP contribution is 2.24. The number of likely N-dealkylation sites (tertiary alicyclic amines) is 1. The lowest BCUT2D eigenvalue weighted by Crippen LogP contribution is -2.49. The second-order valence-electron chi connectivity index (χ2n) is 8.69. The Bertz CT molecular complexity index is 1350. The molecule has 1 saturated heterocycles. The van der Waals surface area contributed by atoms with Gasteiger partial charge in [-0.3, -0.25) is 14.6 Å². The lowest BCUT2D eigenvalue weighted by Gasteiger charge is -2.28. The van der Waals surface area contributed by atoms with Gasteiger partial charge in [0.25, 0.3) is 0 Å². The van der Waals surface area contributed by atoms with Crippen molar-refractivity contribution in [1.29, 1.82) is 0 Å². The third-order valence-corrected chi connectivity index (χ3v) is 8.01.